The van der Waals surface area contributed by atoms with Crippen LogP contribution in [0.5, 0.6) is 0 Å². The fraction of sp³-hybridized carbons (Fsp3) is 0.444. The second kappa shape index (κ2) is 2.08. The zero-order valence-electron chi connectivity index (χ0n) is 5.84. The summed E-state index contributed by atoms with van der Waals surface area (Å²) in [6, 6.07) is 0. The van der Waals surface area contributed by atoms with Gasteiger partial charge in [0.15, 0.2) is 5.78 Å². The van der Waals surface area contributed by atoms with Crippen LogP contribution in [0.15, 0.2) is 23.8 Å². The van der Waals surface area contributed by atoms with Gasteiger partial charge in [-0.2, -0.15) is 0 Å². The van der Waals surface area contributed by atoms with Crippen LogP contribution in [0.2, 0.25) is 0 Å². The van der Waals surface area contributed by atoms with Crippen LogP contribution in [0.1, 0.15) is 19.3 Å². The lowest BCUT2D eigenvalue weighted by Gasteiger charge is -1.99. The molecular formula is C9H10O. The topological polar surface area (TPSA) is 17.1 Å². The van der Waals surface area contributed by atoms with Gasteiger partial charge >= 0.3 is 0 Å². The Balaban J connectivity index is 2.05. The summed E-state index contributed by atoms with van der Waals surface area (Å²) in [5.74, 6) is 0.980. The van der Waals surface area contributed by atoms with Gasteiger partial charge in [0.05, 0.1) is 0 Å². The molecule has 1 atom stereocenters. The summed E-state index contributed by atoms with van der Waals surface area (Å²) in [7, 11) is 0. The van der Waals surface area contributed by atoms with Crippen molar-refractivity contribution in [3.8, 4) is 0 Å². The summed E-state index contributed by atoms with van der Waals surface area (Å²) in [4.78, 5) is 10.9. The van der Waals surface area contributed by atoms with Crippen LogP contribution < -0.4 is 0 Å². The Hall–Kier alpha value is -0.850. The third-order valence-corrected chi connectivity index (χ3v) is 2.14. The molecule has 0 bridgehead atoms. The molecule has 1 unspecified atom stereocenters. The lowest BCUT2D eigenvalue weighted by Crippen LogP contribution is -1.96. The molecule has 0 spiro atoms. The highest BCUT2D eigenvalue weighted by Crippen LogP contribution is 2.36. The lowest BCUT2D eigenvalue weighted by molar-refractivity contribution is -0.114. The van der Waals surface area contributed by atoms with Crippen LogP contribution in [0.25, 0.3) is 0 Å². The Morgan fingerprint density at radius 3 is 3.30 bits per heavy atom. The molecule has 0 N–H and O–H groups in total. The van der Waals surface area contributed by atoms with Gasteiger partial charge in [0.1, 0.15) is 0 Å². The second-order valence-corrected chi connectivity index (χ2v) is 2.96. The quantitative estimate of drug-likeness (QED) is 0.462. The fourth-order valence-electron chi connectivity index (χ4n) is 1.41. The molecule has 2 rings (SSSR count). The van der Waals surface area contributed by atoms with Crippen molar-refractivity contribution in [2.24, 2.45) is 5.92 Å². The van der Waals surface area contributed by atoms with Crippen LogP contribution in [0.3, 0.4) is 0 Å². The van der Waals surface area contributed by atoms with Gasteiger partial charge in [-0.15, -0.1) is 0 Å². The van der Waals surface area contributed by atoms with Gasteiger partial charge in [-0.1, -0.05) is 17.7 Å². The molecule has 0 heterocycles. The van der Waals surface area contributed by atoms with E-state index in [-0.39, 0.29) is 0 Å². The highest BCUT2D eigenvalue weighted by Gasteiger charge is 2.24. The van der Waals surface area contributed by atoms with E-state index >= 15 is 0 Å². The van der Waals surface area contributed by atoms with E-state index < -0.39 is 0 Å². The normalized spacial score (nSPS) is 33.4. The smallest absolute Gasteiger partial charge is 0.155 e. The molecule has 0 aromatic rings. The number of ketones is 1. The average Bonchev–Trinajstić information content (AvgIpc) is 2.59. The standard InChI is InChI=1S/C9H10O/c10-9-3-1-2-7-6-8(7)4-5-9/h1,3,6,8H,2,4-5H2/b3-1-. The fourth-order valence-corrected chi connectivity index (χ4v) is 1.41. The van der Waals surface area contributed by atoms with E-state index in [2.05, 4.69) is 6.08 Å². The maximum atomic E-state index is 10.9. The third kappa shape index (κ3) is 1.04. The van der Waals surface area contributed by atoms with E-state index in [0.29, 0.717) is 11.7 Å². The van der Waals surface area contributed by atoms with Gasteiger partial charge in [-0.3, -0.25) is 4.79 Å². The average molecular weight is 134 g/mol. The Morgan fingerprint density at radius 2 is 2.40 bits per heavy atom. The first-order valence-electron chi connectivity index (χ1n) is 3.76. The predicted molar refractivity (Wildman–Crippen MR) is 39.6 cm³/mol. The van der Waals surface area contributed by atoms with E-state index in [9.17, 15) is 4.79 Å². The van der Waals surface area contributed by atoms with Crippen molar-refractivity contribution in [3.63, 3.8) is 0 Å². The van der Waals surface area contributed by atoms with Crippen LogP contribution >= 0.6 is 0 Å². The third-order valence-electron chi connectivity index (χ3n) is 2.14. The van der Waals surface area contributed by atoms with Gasteiger partial charge in [0, 0.05) is 6.42 Å². The maximum absolute atomic E-state index is 10.9. The van der Waals surface area contributed by atoms with Crippen molar-refractivity contribution in [2.45, 2.75) is 19.3 Å². The van der Waals surface area contributed by atoms with Crippen molar-refractivity contribution < 1.29 is 4.79 Å². The van der Waals surface area contributed by atoms with Gasteiger partial charge in [0.25, 0.3) is 0 Å². The first-order valence-corrected chi connectivity index (χ1v) is 3.76. The van der Waals surface area contributed by atoms with Crippen LogP contribution in [0, 0.1) is 5.92 Å². The first-order chi connectivity index (χ1) is 4.86. The van der Waals surface area contributed by atoms with E-state index in [1.807, 2.05) is 6.08 Å². The molecule has 0 saturated heterocycles. The minimum atomic E-state index is 0.291. The van der Waals surface area contributed by atoms with Gasteiger partial charge in [-0.25, -0.2) is 0 Å². The first kappa shape index (κ1) is 5.90. The van der Waals surface area contributed by atoms with Gasteiger partial charge in [-0.05, 0) is 24.8 Å². The second-order valence-electron chi connectivity index (χ2n) is 2.96. The zero-order valence-corrected chi connectivity index (χ0v) is 5.84. The van der Waals surface area contributed by atoms with E-state index in [1.165, 1.54) is 5.57 Å². The molecule has 0 aromatic carbocycles. The molecule has 1 heteroatoms. The largest absolute Gasteiger partial charge is 0.295 e. The Bertz CT molecular complexity index is 223. The molecule has 1 nitrogen and oxygen atoms in total. The van der Waals surface area contributed by atoms with E-state index in [0.717, 1.165) is 19.3 Å². The molecule has 0 aliphatic heterocycles. The monoisotopic (exact) mass is 134 g/mol. The number of allylic oxidation sites excluding steroid dienone is 4. The summed E-state index contributed by atoms with van der Waals surface area (Å²) < 4.78 is 0. The molecule has 0 aromatic heterocycles. The van der Waals surface area contributed by atoms with Crippen molar-refractivity contribution in [3.05, 3.63) is 23.8 Å². The predicted octanol–water partition coefficient (Wildman–Crippen LogP) is 1.85. The number of carbonyl (C=O) groups excluding carboxylic acids is 1. The molecule has 52 valence electrons. The molecule has 2 aliphatic rings. The van der Waals surface area contributed by atoms with Crippen molar-refractivity contribution in [2.75, 3.05) is 0 Å². The highest BCUT2D eigenvalue weighted by molar-refractivity contribution is 5.89. The molecule has 2 aliphatic carbocycles. The minimum Gasteiger partial charge on any atom is -0.295 e. The molecule has 10 heavy (non-hydrogen) atoms. The van der Waals surface area contributed by atoms with E-state index in [4.69, 9.17) is 0 Å². The Morgan fingerprint density at radius 1 is 1.50 bits per heavy atom. The SMILES string of the molecule is O=C1/C=C\CC2=CC2CC1. The summed E-state index contributed by atoms with van der Waals surface area (Å²) >= 11 is 0. The van der Waals surface area contributed by atoms with Crippen molar-refractivity contribution >= 4 is 5.78 Å². The van der Waals surface area contributed by atoms with Crippen LogP contribution in [-0.2, 0) is 4.79 Å². The van der Waals surface area contributed by atoms with E-state index in [1.54, 1.807) is 6.08 Å². The minimum absolute atomic E-state index is 0.291. The molecule has 0 fully saturated rings. The Labute approximate surface area is 60.4 Å². The van der Waals surface area contributed by atoms with Crippen molar-refractivity contribution in [1.82, 2.24) is 0 Å². The van der Waals surface area contributed by atoms with Gasteiger partial charge < -0.3 is 0 Å². The van der Waals surface area contributed by atoms with Crippen molar-refractivity contribution in [1.29, 1.82) is 0 Å². The van der Waals surface area contributed by atoms with Crippen LogP contribution in [-0.4, -0.2) is 5.78 Å². The maximum Gasteiger partial charge on any atom is 0.155 e. The molecule has 0 radical (unpaired) electrons. The molecule has 0 saturated carbocycles. The zero-order chi connectivity index (χ0) is 6.97. The number of hydrogen-bond donors (Lipinski definition) is 0. The summed E-state index contributed by atoms with van der Waals surface area (Å²) in [5, 5.41) is 0. The summed E-state index contributed by atoms with van der Waals surface area (Å²) in [6.45, 7) is 0. The van der Waals surface area contributed by atoms with Crippen LogP contribution in [0.4, 0.5) is 0 Å². The number of hydrogen-bond acceptors (Lipinski definition) is 1. The Kier molecular flexibility index (Phi) is 1.23. The summed E-state index contributed by atoms with van der Waals surface area (Å²) in [5.41, 5.74) is 1.53. The molecule has 0 amide bonds. The number of carbonyl (C=O) groups is 1. The summed E-state index contributed by atoms with van der Waals surface area (Å²) in [6.07, 6.45) is 8.77. The lowest BCUT2D eigenvalue weighted by atomic mass is 10.0. The number of fused-ring (bicyclic) bond motifs is 1. The molecular weight excluding hydrogens is 124 g/mol. The van der Waals surface area contributed by atoms with Gasteiger partial charge in [0.2, 0.25) is 0 Å². The number of rotatable bonds is 0. The highest BCUT2D eigenvalue weighted by atomic mass is 16.1.